The first-order valence-electron chi connectivity index (χ1n) is 6.43. The topological polar surface area (TPSA) is 34.1 Å². The fraction of sp³-hybridized carbons (Fsp3) is 0.643. The minimum Gasteiger partial charge on any atom is -0.375 e. The van der Waals surface area contributed by atoms with E-state index in [1.165, 1.54) is 12.8 Å². The van der Waals surface area contributed by atoms with E-state index in [0.29, 0.717) is 12.5 Å². The van der Waals surface area contributed by atoms with Gasteiger partial charge in [-0.3, -0.25) is 4.98 Å². The van der Waals surface area contributed by atoms with E-state index in [0.717, 1.165) is 24.5 Å². The molecule has 17 heavy (non-hydrogen) atoms. The summed E-state index contributed by atoms with van der Waals surface area (Å²) in [6, 6.07) is 6.08. The number of hydrogen-bond acceptors (Lipinski definition) is 3. The summed E-state index contributed by atoms with van der Waals surface area (Å²) in [7, 11) is 1.93. The summed E-state index contributed by atoms with van der Waals surface area (Å²) in [5, 5.41) is 3.10. The predicted molar refractivity (Wildman–Crippen MR) is 70.7 cm³/mol. The van der Waals surface area contributed by atoms with Gasteiger partial charge in [-0.05, 0) is 31.5 Å². The van der Waals surface area contributed by atoms with Crippen LogP contribution < -0.4 is 5.32 Å². The first-order chi connectivity index (χ1) is 8.26. The monoisotopic (exact) mass is 236 g/mol. The molecule has 96 valence electrons. The van der Waals surface area contributed by atoms with Gasteiger partial charge in [-0.1, -0.05) is 26.3 Å². The lowest BCUT2D eigenvalue weighted by Crippen LogP contribution is -2.09. The minimum absolute atomic E-state index is 0.617. The van der Waals surface area contributed by atoms with E-state index in [1.807, 2.05) is 25.2 Å². The molecule has 0 aromatic carbocycles. The van der Waals surface area contributed by atoms with Crippen LogP contribution in [-0.2, 0) is 17.9 Å². The van der Waals surface area contributed by atoms with E-state index in [-0.39, 0.29) is 0 Å². The maximum absolute atomic E-state index is 5.68. The van der Waals surface area contributed by atoms with Gasteiger partial charge < -0.3 is 10.1 Å². The molecule has 0 aliphatic carbocycles. The fourth-order valence-electron chi connectivity index (χ4n) is 1.83. The summed E-state index contributed by atoms with van der Waals surface area (Å²) < 4.78 is 5.68. The third-order valence-electron chi connectivity index (χ3n) is 2.66. The number of hydrogen-bond donors (Lipinski definition) is 1. The zero-order chi connectivity index (χ0) is 12.5. The van der Waals surface area contributed by atoms with Gasteiger partial charge in [0.15, 0.2) is 0 Å². The molecule has 0 amide bonds. The van der Waals surface area contributed by atoms with Crippen molar-refractivity contribution in [1.82, 2.24) is 10.3 Å². The van der Waals surface area contributed by atoms with E-state index in [2.05, 4.69) is 24.1 Å². The molecule has 1 N–H and O–H groups in total. The Morgan fingerprint density at radius 3 is 2.82 bits per heavy atom. The second-order valence-electron chi connectivity index (χ2n) is 4.56. The average Bonchev–Trinajstić information content (AvgIpc) is 2.30. The highest BCUT2D eigenvalue weighted by atomic mass is 16.5. The Hall–Kier alpha value is -0.930. The number of rotatable bonds is 8. The summed E-state index contributed by atoms with van der Waals surface area (Å²) in [4.78, 5) is 4.52. The Morgan fingerprint density at radius 2 is 2.12 bits per heavy atom. The highest BCUT2D eigenvalue weighted by molar-refractivity contribution is 5.10. The van der Waals surface area contributed by atoms with Crippen molar-refractivity contribution >= 4 is 0 Å². The van der Waals surface area contributed by atoms with Crippen LogP contribution in [0.5, 0.6) is 0 Å². The molecule has 0 spiro atoms. The van der Waals surface area contributed by atoms with E-state index >= 15 is 0 Å². The van der Waals surface area contributed by atoms with Crippen LogP contribution in [0.4, 0.5) is 0 Å². The number of nitrogens with zero attached hydrogens (tertiary/aromatic N) is 1. The van der Waals surface area contributed by atoms with Crippen molar-refractivity contribution in [1.29, 1.82) is 0 Å². The summed E-state index contributed by atoms with van der Waals surface area (Å²) in [5.74, 6) is 0.639. The maximum Gasteiger partial charge on any atom is 0.0888 e. The summed E-state index contributed by atoms with van der Waals surface area (Å²) in [5.41, 5.74) is 2.08. The van der Waals surface area contributed by atoms with E-state index in [1.54, 1.807) is 0 Å². The number of nitrogens with one attached hydrogen (secondary N) is 1. The van der Waals surface area contributed by atoms with E-state index < -0.39 is 0 Å². The molecule has 1 aromatic rings. The van der Waals surface area contributed by atoms with Gasteiger partial charge in [-0.25, -0.2) is 0 Å². The van der Waals surface area contributed by atoms with Crippen molar-refractivity contribution in [2.45, 2.75) is 39.8 Å². The molecule has 1 rings (SSSR count). The molecule has 1 unspecified atom stereocenters. The molecule has 0 fully saturated rings. The van der Waals surface area contributed by atoms with Gasteiger partial charge in [-0.2, -0.15) is 0 Å². The molecular weight excluding hydrogens is 212 g/mol. The second-order valence-corrected chi connectivity index (χ2v) is 4.56. The Morgan fingerprint density at radius 1 is 1.35 bits per heavy atom. The molecule has 0 saturated heterocycles. The van der Waals surface area contributed by atoms with Crippen LogP contribution in [0, 0.1) is 5.92 Å². The molecule has 1 heterocycles. The van der Waals surface area contributed by atoms with Crippen LogP contribution >= 0.6 is 0 Å². The first kappa shape index (κ1) is 14.1. The number of aromatic nitrogens is 1. The number of pyridine rings is 1. The molecule has 1 aromatic heterocycles. The molecular formula is C14H24N2O. The smallest absolute Gasteiger partial charge is 0.0888 e. The lowest BCUT2D eigenvalue weighted by atomic mass is 10.1. The molecule has 1 atom stereocenters. The van der Waals surface area contributed by atoms with Gasteiger partial charge in [0.2, 0.25) is 0 Å². The molecule has 0 radical (unpaired) electrons. The minimum atomic E-state index is 0.617. The average molecular weight is 236 g/mol. The van der Waals surface area contributed by atoms with Crippen LogP contribution in [0.25, 0.3) is 0 Å². The SMILES string of the molecule is CCCC(C)COCc1cccc(CNC)n1. The van der Waals surface area contributed by atoms with E-state index in [9.17, 15) is 0 Å². The third-order valence-corrected chi connectivity index (χ3v) is 2.66. The van der Waals surface area contributed by atoms with Crippen LogP contribution in [0.15, 0.2) is 18.2 Å². The highest BCUT2D eigenvalue weighted by Gasteiger charge is 2.02. The Labute approximate surface area is 105 Å². The van der Waals surface area contributed by atoms with Crippen molar-refractivity contribution in [2.24, 2.45) is 5.92 Å². The Kier molecular flexibility index (Phi) is 6.82. The molecule has 3 nitrogen and oxygen atoms in total. The van der Waals surface area contributed by atoms with Crippen molar-refractivity contribution < 1.29 is 4.74 Å². The summed E-state index contributed by atoms with van der Waals surface area (Å²) in [6.45, 7) is 6.69. The van der Waals surface area contributed by atoms with Crippen LogP contribution in [0.3, 0.4) is 0 Å². The van der Waals surface area contributed by atoms with Gasteiger partial charge >= 0.3 is 0 Å². The highest BCUT2D eigenvalue weighted by Crippen LogP contribution is 2.07. The van der Waals surface area contributed by atoms with Crippen molar-refractivity contribution in [3.8, 4) is 0 Å². The summed E-state index contributed by atoms with van der Waals surface area (Å²) in [6.07, 6.45) is 2.45. The standard InChI is InChI=1S/C14H24N2O/c1-4-6-12(2)10-17-11-14-8-5-7-13(16-14)9-15-3/h5,7-8,12,15H,4,6,9-11H2,1-3H3. The van der Waals surface area contributed by atoms with Gasteiger partial charge in [0.05, 0.1) is 18.0 Å². The quantitative estimate of drug-likeness (QED) is 0.753. The molecule has 3 heteroatoms. The molecule has 0 bridgehead atoms. The second kappa shape index (κ2) is 8.20. The molecule has 0 aliphatic heterocycles. The van der Waals surface area contributed by atoms with Gasteiger partial charge in [-0.15, -0.1) is 0 Å². The predicted octanol–water partition coefficient (Wildman–Crippen LogP) is 2.75. The van der Waals surface area contributed by atoms with Crippen LogP contribution in [-0.4, -0.2) is 18.6 Å². The van der Waals surface area contributed by atoms with Crippen LogP contribution in [0.2, 0.25) is 0 Å². The first-order valence-corrected chi connectivity index (χ1v) is 6.43. The lowest BCUT2D eigenvalue weighted by molar-refractivity contribution is 0.0871. The van der Waals surface area contributed by atoms with Gasteiger partial charge in [0.1, 0.15) is 0 Å². The van der Waals surface area contributed by atoms with Gasteiger partial charge in [0.25, 0.3) is 0 Å². The van der Waals surface area contributed by atoms with Crippen molar-refractivity contribution in [3.63, 3.8) is 0 Å². The van der Waals surface area contributed by atoms with Gasteiger partial charge in [0, 0.05) is 13.2 Å². The third kappa shape index (κ3) is 5.80. The maximum atomic E-state index is 5.68. The normalized spacial score (nSPS) is 12.6. The summed E-state index contributed by atoms with van der Waals surface area (Å²) >= 11 is 0. The van der Waals surface area contributed by atoms with Crippen molar-refractivity contribution in [3.05, 3.63) is 29.6 Å². The van der Waals surface area contributed by atoms with Crippen molar-refractivity contribution in [2.75, 3.05) is 13.7 Å². The molecule has 0 saturated carbocycles. The van der Waals surface area contributed by atoms with E-state index in [4.69, 9.17) is 4.74 Å². The zero-order valence-corrected chi connectivity index (χ0v) is 11.2. The Balaban J connectivity index is 2.33. The molecule has 0 aliphatic rings. The largest absolute Gasteiger partial charge is 0.375 e. The Bertz CT molecular complexity index is 315. The van der Waals surface area contributed by atoms with Crippen LogP contribution in [0.1, 0.15) is 38.1 Å². The zero-order valence-electron chi connectivity index (χ0n) is 11.2. The fourth-order valence-corrected chi connectivity index (χ4v) is 1.83. The lowest BCUT2D eigenvalue weighted by Gasteiger charge is -2.10. The number of ether oxygens (including phenoxy) is 1.